The number of ether oxygens (including phenoxy) is 2. The standard InChI is InChI=1S/C22H23NO6/c1-13(9-15-5-4-8-27-15)23-11-18-19(28-12-23)7-6-16-14(2)17(10-20(24)26-3)22(25)29-21(16)18/h4-8,13H,9-12H2,1-3H3/t13-/m1/s1. The molecule has 0 aliphatic carbocycles. The Balaban J connectivity index is 1.69. The molecule has 3 aromatic rings. The second kappa shape index (κ2) is 7.75. The maximum Gasteiger partial charge on any atom is 0.340 e. The Labute approximate surface area is 167 Å². The van der Waals surface area contributed by atoms with Gasteiger partial charge in [-0.15, -0.1) is 0 Å². The summed E-state index contributed by atoms with van der Waals surface area (Å²) in [6.45, 7) is 4.97. The van der Waals surface area contributed by atoms with Crippen LogP contribution >= 0.6 is 0 Å². The van der Waals surface area contributed by atoms with E-state index in [0.717, 1.165) is 28.7 Å². The Morgan fingerprint density at radius 1 is 1.31 bits per heavy atom. The Morgan fingerprint density at radius 2 is 2.14 bits per heavy atom. The predicted octanol–water partition coefficient (Wildman–Crippen LogP) is 3.19. The minimum absolute atomic E-state index is 0.111. The molecule has 29 heavy (non-hydrogen) atoms. The Kier molecular flexibility index (Phi) is 5.15. The van der Waals surface area contributed by atoms with Crippen LogP contribution in [0.4, 0.5) is 0 Å². The molecule has 0 amide bonds. The van der Waals surface area contributed by atoms with Crippen LogP contribution in [0, 0.1) is 6.92 Å². The average molecular weight is 397 g/mol. The highest BCUT2D eigenvalue weighted by Gasteiger charge is 2.26. The highest BCUT2D eigenvalue weighted by molar-refractivity contribution is 5.87. The van der Waals surface area contributed by atoms with Gasteiger partial charge < -0.3 is 18.3 Å². The van der Waals surface area contributed by atoms with Crippen molar-refractivity contribution >= 4 is 16.9 Å². The first-order valence-corrected chi connectivity index (χ1v) is 9.52. The van der Waals surface area contributed by atoms with Gasteiger partial charge in [-0.05, 0) is 43.7 Å². The molecule has 0 N–H and O–H groups in total. The molecule has 0 saturated carbocycles. The Bertz CT molecular complexity index is 1100. The van der Waals surface area contributed by atoms with Gasteiger partial charge in [0.05, 0.1) is 30.9 Å². The van der Waals surface area contributed by atoms with Crippen LogP contribution in [0.5, 0.6) is 5.75 Å². The summed E-state index contributed by atoms with van der Waals surface area (Å²) in [6, 6.07) is 7.77. The van der Waals surface area contributed by atoms with Gasteiger partial charge in [0.1, 0.15) is 23.8 Å². The fourth-order valence-electron chi connectivity index (χ4n) is 3.73. The number of hydrogen-bond acceptors (Lipinski definition) is 7. The highest BCUT2D eigenvalue weighted by Crippen LogP contribution is 2.34. The molecule has 1 aliphatic rings. The number of nitrogens with zero attached hydrogens (tertiary/aromatic N) is 1. The largest absolute Gasteiger partial charge is 0.478 e. The lowest BCUT2D eigenvalue weighted by Gasteiger charge is -2.33. The molecule has 1 aromatic carbocycles. The first-order valence-electron chi connectivity index (χ1n) is 9.52. The zero-order valence-electron chi connectivity index (χ0n) is 16.7. The zero-order chi connectivity index (χ0) is 20.5. The lowest BCUT2D eigenvalue weighted by Crippen LogP contribution is -2.40. The van der Waals surface area contributed by atoms with E-state index in [1.807, 2.05) is 31.2 Å². The van der Waals surface area contributed by atoms with Crippen LogP contribution in [0.2, 0.25) is 0 Å². The molecular formula is C22H23NO6. The number of carbonyl (C=O) groups excluding carboxylic acids is 1. The number of carbonyl (C=O) groups is 1. The number of rotatable bonds is 5. The van der Waals surface area contributed by atoms with Crippen molar-refractivity contribution in [1.82, 2.24) is 4.90 Å². The van der Waals surface area contributed by atoms with E-state index < -0.39 is 11.6 Å². The monoisotopic (exact) mass is 397 g/mol. The Morgan fingerprint density at radius 3 is 2.86 bits per heavy atom. The number of hydrogen-bond donors (Lipinski definition) is 0. The summed E-state index contributed by atoms with van der Waals surface area (Å²) < 4.78 is 21.7. The number of fused-ring (bicyclic) bond motifs is 3. The maximum atomic E-state index is 12.6. The van der Waals surface area contributed by atoms with Crippen LogP contribution < -0.4 is 10.4 Å². The van der Waals surface area contributed by atoms with E-state index in [-0.39, 0.29) is 12.5 Å². The molecule has 0 bridgehead atoms. The summed E-state index contributed by atoms with van der Waals surface area (Å²) in [6.07, 6.45) is 2.31. The van der Waals surface area contributed by atoms with Gasteiger partial charge >= 0.3 is 11.6 Å². The fraction of sp³-hybridized carbons (Fsp3) is 0.364. The smallest absolute Gasteiger partial charge is 0.340 e. The van der Waals surface area contributed by atoms with E-state index in [2.05, 4.69) is 11.8 Å². The van der Waals surface area contributed by atoms with Crippen molar-refractivity contribution in [3.63, 3.8) is 0 Å². The lowest BCUT2D eigenvalue weighted by molar-refractivity contribution is -0.139. The second-order valence-corrected chi connectivity index (χ2v) is 7.32. The number of benzene rings is 1. The second-order valence-electron chi connectivity index (χ2n) is 7.32. The van der Waals surface area contributed by atoms with E-state index in [1.54, 1.807) is 6.26 Å². The minimum atomic E-state index is -0.519. The van der Waals surface area contributed by atoms with Gasteiger partial charge in [0, 0.05) is 24.4 Å². The third-order valence-corrected chi connectivity index (χ3v) is 5.51. The van der Waals surface area contributed by atoms with Gasteiger partial charge in [-0.2, -0.15) is 0 Å². The third kappa shape index (κ3) is 3.65. The molecule has 4 rings (SSSR count). The van der Waals surface area contributed by atoms with Crippen LogP contribution in [0.3, 0.4) is 0 Å². The van der Waals surface area contributed by atoms with Crippen molar-refractivity contribution in [3.05, 3.63) is 63.4 Å². The van der Waals surface area contributed by atoms with Crippen LogP contribution in [0.15, 0.2) is 44.2 Å². The summed E-state index contributed by atoms with van der Waals surface area (Å²) in [5, 5.41) is 0.798. The molecule has 3 heterocycles. The van der Waals surface area contributed by atoms with Gasteiger partial charge in [0.15, 0.2) is 0 Å². The van der Waals surface area contributed by atoms with Gasteiger partial charge in [0.25, 0.3) is 0 Å². The van der Waals surface area contributed by atoms with Crippen molar-refractivity contribution in [2.45, 2.75) is 39.3 Å². The quantitative estimate of drug-likeness (QED) is 0.483. The summed E-state index contributed by atoms with van der Waals surface area (Å²) in [5.41, 5.74) is 1.88. The summed E-state index contributed by atoms with van der Waals surface area (Å²) in [7, 11) is 1.30. The molecule has 0 fully saturated rings. The summed E-state index contributed by atoms with van der Waals surface area (Å²) in [5.74, 6) is 1.15. The molecule has 2 aromatic heterocycles. The fourth-order valence-corrected chi connectivity index (χ4v) is 3.73. The van der Waals surface area contributed by atoms with Gasteiger partial charge in [0.2, 0.25) is 0 Å². The molecule has 1 aliphatic heterocycles. The van der Waals surface area contributed by atoms with E-state index in [4.69, 9.17) is 18.3 Å². The van der Waals surface area contributed by atoms with Gasteiger partial charge in [-0.1, -0.05) is 0 Å². The van der Waals surface area contributed by atoms with Crippen LogP contribution in [0.25, 0.3) is 11.0 Å². The molecule has 0 saturated heterocycles. The topological polar surface area (TPSA) is 82.1 Å². The first-order chi connectivity index (χ1) is 14.0. The molecule has 1 atom stereocenters. The van der Waals surface area contributed by atoms with Crippen molar-refractivity contribution in [1.29, 1.82) is 0 Å². The predicted molar refractivity (Wildman–Crippen MR) is 106 cm³/mol. The molecule has 7 nitrogen and oxygen atoms in total. The van der Waals surface area contributed by atoms with Crippen molar-refractivity contribution in [2.75, 3.05) is 13.8 Å². The van der Waals surface area contributed by atoms with Crippen molar-refractivity contribution < 1.29 is 23.1 Å². The molecular weight excluding hydrogens is 374 g/mol. The first kappa shape index (κ1) is 19.3. The van der Waals surface area contributed by atoms with E-state index in [1.165, 1.54) is 7.11 Å². The van der Waals surface area contributed by atoms with Crippen LogP contribution in [-0.4, -0.2) is 30.8 Å². The SMILES string of the molecule is COC(=O)Cc1c(C)c2ccc3c(c2oc1=O)CN([C@H](C)Cc1ccco1)CO3. The maximum absolute atomic E-state index is 12.6. The third-order valence-electron chi connectivity index (χ3n) is 5.51. The van der Waals surface area contributed by atoms with Crippen LogP contribution in [-0.2, 0) is 28.9 Å². The molecule has 0 spiro atoms. The Hall–Kier alpha value is -3.06. The lowest BCUT2D eigenvalue weighted by atomic mass is 10.00. The average Bonchev–Trinajstić information content (AvgIpc) is 3.23. The van der Waals surface area contributed by atoms with E-state index in [9.17, 15) is 9.59 Å². The van der Waals surface area contributed by atoms with Gasteiger partial charge in [-0.25, -0.2) is 4.79 Å². The van der Waals surface area contributed by atoms with Crippen molar-refractivity contribution in [2.24, 2.45) is 0 Å². The number of methoxy groups -OCH3 is 1. The number of esters is 1. The zero-order valence-corrected chi connectivity index (χ0v) is 16.7. The van der Waals surface area contributed by atoms with Crippen LogP contribution in [0.1, 0.15) is 29.4 Å². The molecule has 7 heteroatoms. The molecule has 0 radical (unpaired) electrons. The number of furan rings is 1. The van der Waals surface area contributed by atoms with E-state index >= 15 is 0 Å². The van der Waals surface area contributed by atoms with E-state index in [0.29, 0.717) is 30.2 Å². The summed E-state index contributed by atoms with van der Waals surface area (Å²) >= 11 is 0. The minimum Gasteiger partial charge on any atom is -0.478 e. The van der Waals surface area contributed by atoms with Gasteiger partial charge in [-0.3, -0.25) is 9.69 Å². The number of aryl methyl sites for hydroxylation is 1. The normalized spacial score (nSPS) is 15.0. The summed E-state index contributed by atoms with van der Waals surface area (Å²) in [4.78, 5) is 26.4. The molecule has 0 unspecified atom stereocenters. The van der Waals surface area contributed by atoms with Crippen molar-refractivity contribution in [3.8, 4) is 5.75 Å². The molecule has 152 valence electrons. The highest BCUT2D eigenvalue weighted by atomic mass is 16.5.